The second-order valence-electron chi connectivity index (χ2n) is 10.9. The van der Waals surface area contributed by atoms with Crippen LogP contribution in [0.25, 0.3) is 32.9 Å². The third-order valence-corrected chi connectivity index (χ3v) is 10.5. The van der Waals surface area contributed by atoms with Crippen LogP contribution in [0.3, 0.4) is 0 Å². The number of benzene rings is 2. The van der Waals surface area contributed by atoms with E-state index in [1.54, 1.807) is 55.0 Å². The topological polar surface area (TPSA) is 98.0 Å². The molecule has 7 rings (SSSR count). The van der Waals surface area contributed by atoms with E-state index in [1.165, 1.54) is 15.3 Å². The van der Waals surface area contributed by atoms with Gasteiger partial charge in [-0.05, 0) is 53.9 Å². The van der Waals surface area contributed by atoms with Gasteiger partial charge in [-0.1, -0.05) is 56.3 Å². The van der Waals surface area contributed by atoms with Gasteiger partial charge in [0.1, 0.15) is 10.6 Å². The maximum absolute atomic E-state index is 13.5. The number of fused-ring (bicyclic) bond motifs is 2. The number of hydrogen-bond acceptors (Lipinski definition) is 7. The second-order valence-corrected chi connectivity index (χ2v) is 13.6. The summed E-state index contributed by atoms with van der Waals surface area (Å²) in [7, 11) is -3.86. The summed E-state index contributed by atoms with van der Waals surface area (Å²) in [5, 5.41) is 15.5. The lowest BCUT2D eigenvalue weighted by molar-refractivity contribution is -0.0240. The first-order valence-corrected chi connectivity index (χ1v) is 15.5. The van der Waals surface area contributed by atoms with Crippen LogP contribution in [0.15, 0.2) is 108 Å². The quantitative estimate of drug-likeness (QED) is 0.259. The van der Waals surface area contributed by atoms with E-state index < -0.39 is 21.0 Å². The Labute approximate surface area is 241 Å². The Morgan fingerprint density at radius 3 is 2.54 bits per heavy atom. The molecule has 2 aromatic carbocycles. The van der Waals surface area contributed by atoms with Gasteiger partial charge < -0.3 is 5.11 Å². The summed E-state index contributed by atoms with van der Waals surface area (Å²) in [6, 6.07) is 23.7. The van der Waals surface area contributed by atoms with Gasteiger partial charge in [-0.2, -0.15) is 0 Å². The molecule has 204 valence electrons. The molecule has 1 aliphatic carbocycles. The zero-order valence-electron chi connectivity index (χ0n) is 22.4. The first-order valence-electron chi connectivity index (χ1n) is 13.2. The third kappa shape index (κ3) is 3.88. The van der Waals surface area contributed by atoms with Crippen molar-refractivity contribution in [3.63, 3.8) is 0 Å². The number of aromatic nitrogens is 4. The fourth-order valence-corrected chi connectivity index (χ4v) is 8.08. The Hall–Kier alpha value is -4.18. The number of thiazole rings is 1. The van der Waals surface area contributed by atoms with E-state index in [1.807, 2.05) is 47.8 Å². The molecule has 1 atom stereocenters. The zero-order chi connectivity index (χ0) is 28.4. The molecule has 1 aliphatic rings. The summed E-state index contributed by atoms with van der Waals surface area (Å²) in [4.78, 5) is 14.1. The van der Waals surface area contributed by atoms with E-state index >= 15 is 0 Å². The van der Waals surface area contributed by atoms with Gasteiger partial charge in [0.15, 0.2) is 5.65 Å². The molecule has 0 spiro atoms. The highest BCUT2D eigenvalue weighted by Crippen LogP contribution is 2.53. The molecule has 0 amide bonds. The second kappa shape index (κ2) is 9.17. The third-order valence-electron chi connectivity index (χ3n) is 7.99. The molecule has 6 aromatic rings. The molecular weight excluding hydrogens is 553 g/mol. The van der Waals surface area contributed by atoms with E-state index in [0.29, 0.717) is 27.3 Å². The number of hydrogen-bond donors (Lipinski definition) is 1. The minimum atomic E-state index is -3.86. The molecule has 0 aliphatic heterocycles. The molecule has 0 fully saturated rings. The minimum absolute atomic E-state index is 0.189. The highest BCUT2D eigenvalue weighted by molar-refractivity contribution is 7.90. The standard InChI is InChI=1S/C32H26N4O3S2/c1-31(2)18-22-10-7-15-33-28(22)32(31,37)23-11-6-9-21(17-23)27-20-40-30(35-27)26-19-36(29-25(26)14-8-16-34-29)41(38,39)24-12-4-3-5-13-24/h3-17,19-20,37H,18H2,1-2H3/t32-/m1/s1. The van der Waals surface area contributed by atoms with Crippen LogP contribution >= 0.6 is 11.3 Å². The molecule has 41 heavy (non-hydrogen) atoms. The Morgan fingerprint density at radius 1 is 0.927 bits per heavy atom. The molecule has 0 unspecified atom stereocenters. The van der Waals surface area contributed by atoms with Crippen LogP contribution in [0.5, 0.6) is 0 Å². The Bertz CT molecular complexity index is 2050. The Balaban J connectivity index is 1.31. The number of pyridine rings is 2. The lowest BCUT2D eigenvalue weighted by Gasteiger charge is -2.37. The van der Waals surface area contributed by atoms with Crippen molar-refractivity contribution in [1.29, 1.82) is 0 Å². The molecule has 9 heteroatoms. The van der Waals surface area contributed by atoms with Crippen molar-refractivity contribution in [3.8, 4) is 21.8 Å². The Kier molecular flexibility index (Phi) is 5.76. The van der Waals surface area contributed by atoms with E-state index in [4.69, 9.17) is 4.98 Å². The van der Waals surface area contributed by atoms with Crippen LogP contribution in [0.2, 0.25) is 0 Å². The molecule has 0 saturated carbocycles. The van der Waals surface area contributed by atoms with Crippen LogP contribution in [0, 0.1) is 5.41 Å². The smallest absolute Gasteiger partial charge is 0.269 e. The maximum atomic E-state index is 13.5. The van der Waals surface area contributed by atoms with Crippen LogP contribution in [0.1, 0.15) is 30.7 Å². The first kappa shape index (κ1) is 25.8. The van der Waals surface area contributed by atoms with Gasteiger partial charge in [0, 0.05) is 45.9 Å². The lowest BCUT2D eigenvalue weighted by Crippen LogP contribution is -2.40. The van der Waals surface area contributed by atoms with Gasteiger partial charge in [0.2, 0.25) is 0 Å². The van der Waals surface area contributed by atoms with E-state index in [9.17, 15) is 13.5 Å². The summed E-state index contributed by atoms with van der Waals surface area (Å²) < 4.78 is 28.3. The van der Waals surface area contributed by atoms with Crippen molar-refractivity contribution in [2.24, 2.45) is 5.41 Å². The van der Waals surface area contributed by atoms with Gasteiger partial charge in [-0.3, -0.25) is 4.98 Å². The van der Waals surface area contributed by atoms with Crippen molar-refractivity contribution in [3.05, 3.63) is 120 Å². The van der Waals surface area contributed by atoms with Crippen molar-refractivity contribution < 1.29 is 13.5 Å². The molecule has 0 radical (unpaired) electrons. The number of aliphatic hydroxyl groups is 1. The first-order chi connectivity index (χ1) is 19.7. The highest BCUT2D eigenvalue weighted by Gasteiger charge is 2.53. The molecule has 0 saturated heterocycles. The molecule has 7 nitrogen and oxygen atoms in total. The van der Waals surface area contributed by atoms with Gasteiger partial charge >= 0.3 is 0 Å². The summed E-state index contributed by atoms with van der Waals surface area (Å²) in [5.41, 5.74) is 3.45. The maximum Gasteiger partial charge on any atom is 0.269 e. The Morgan fingerprint density at radius 2 is 1.71 bits per heavy atom. The van der Waals surface area contributed by atoms with E-state index in [-0.39, 0.29) is 4.90 Å². The molecular formula is C32H26N4O3S2. The predicted octanol–water partition coefficient (Wildman–Crippen LogP) is 6.28. The van der Waals surface area contributed by atoms with Gasteiger partial charge in [0.25, 0.3) is 10.0 Å². The van der Waals surface area contributed by atoms with Crippen molar-refractivity contribution >= 4 is 32.4 Å². The highest BCUT2D eigenvalue weighted by atomic mass is 32.2. The monoisotopic (exact) mass is 578 g/mol. The molecule has 4 heterocycles. The van der Waals surface area contributed by atoms with Crippen LogP contribution in [-0.4, -0.2) is 32.4 Å². The van der Waals surface area contributed by atoms with E-state index in [0.717, 1.165) is 28.8 Å². The number of rotatable bonds is 5. The van der Waals surface area contributed by atoms with Crippen molar-refractivity contribution in [1.82, 2.24) is 18.9 Å². The number of nitrogens with zero attached hydrogens (tertiary/aromatic N) is 4. The van der Waals surface area contributed by atoms with Gasteiger partial charge in [0.05, 0.1) is 16.3 Å². The fourth-order valence-electron chi connectivity index (χ4n) is 5.88. The average molecular weight is 579 g/mol. The van der Waals surface area contributed by atoms with Gasteiger partial charge in [-0.25, -0.2) is 22.4 Å². The van der Waals surface area contributed by atoms with Gasteiger partial charge in [-0.15, -0.1) is 11.3 Å². The average Bonchev–Trinajstić information content (AvgIpc) is 3.68. The van der Waals surface area contributed by atoms with Crippen LogP contribution in [0.4, 0.5) is 0 Å². The van der Waals surface area contributed by atoms with Crippen molar-refractivity contribution in [2.75, 3.05) is 0 Å². The van der Waals surface area contributed by atoms with Crippen LogP contribution < -0.4 is 0 Å². The predicted molar refractivity (Wildman–Crippen MR) is 160 cm³/mol. The van der Waals surface area contributed by atoms with E-state index in [2.05, 4.69) is 23.8 Å². The molecule has 0 bridgehead atoms. The van der Waals surface area contributed by atoms with Crippen LogP contribution in [-0.2, 0) is 22.0 Å². The molecule has 1 N–H and O–H groups in total. The van der Waals surface area contributed by atoms with Crippen molar-refractivity contribution in [2.45, 2.75) is 30.8 Å². The summed E-state index contributed by atoms with van der Waals surface area (Å²) in [6.45, 7) is 4.13. The molecule has 4 aromatic heterocycles. The summed E-state index contributed by atoms with van der Waals surface area (Å²) in [5.74, 6) is 0. The SMILES string of the molecule is CC1(C)Cc2cccnc2[C@]1(O)c1cccc(-c2csc(-c3cn(S(=O)(=O)c4ccccc4)c4ncccc34)n2)c1. The summed E-state index contributed by atoms with van der Waals surface area (Å²) >= 11 is 1.44. The lowest BCUT2D eigenvalue weighted by atomic mass is 9.72. The largest absolute Gasteiger partial charge is 0.378 e. The minimum Gasteiger partial charge on any atom is -0.378 e. The fraction of sp³-hybridized carbons (Fsp3) is 0.156. The zero-order valence-corrected chi connectivity index (χ0v) is 24.0. The normalized spacial score (nSPS) is 18.0. The summed E-state index contributed by atoms with van der Waals surface area (Å²) in [6.07, 6.45) is 5.64.